The van der Waals surface area contributed by atoms with E-state index in [1.165, 1.54) is 0 Å². The number of rotatable bonds is 4. The normalized spacial score (nSPS) is 10.9. The molecule has 1 amide bonds. The van der Waals surface area contributed by atoms with E-state index in [-0.39, 0.29) is 12.5 Å². The van der Waals surface area contributed by atoms with E-state index < -0.39 is 0 Å². The second-order valence-corrected chi connectivity index (χ2v) is 6.87. The number of pyridine rings is 1. The highest BCUT2D eigenvalue weighted by molar-refractivity contribution is 6.36. The average Bonchev–Trinajstić information content (AvgIpc) is 2.94. The molecule has 1 aromatic carbocycles. The molecule has 0 atom stereocenters. The zero-order valence-corrected chi connectivity index (χ0v) is 15.7. The lowest BCUT2D eigenvalue weighted by atomic mass is 10.2. The lowest BCUT2D eigenvalue weighted by Gasteiger charge is -2.13. The second-order valence-electron chi connectivity index (χ2n) is 6.03. The van der Waals surface area contributed by atoms with Gasteiger partial charge < -0.3 is 14.8 Å². The van der Waals surface area contributed by atoms with Crippen molar-refractivity contribution in [2.24, 2.45) is 0 Å². The van der Waals surface area contributed by atoms with E-state index >= 15 is 0 Å². The summed E-state index contributed by atoms with van der Waals surface area (Å²) in [5.74, 6) is 0.710. The second kappa shape index (κ2) is 6.94. The highest BCUT2D eigenvalue weighted by atomic mass is 35.5. The molecule has 3 aromatic rings. The number of hydrogen-bond acceptors (Lipinski definition) is 3. The third-order valence-electron chi connectivity index (χ3n) is 4.00. The molecule has 0 spiro atoms. The summed E-state index contributed by atoms with van der Waals surface area (Å²) >= 11 is 12.3. The van der Waals surface area contributed by atoms with E-state index in [9.17, 15) is 4.79 Å². The molecule has 2 aromatic heterocycles. The minimum absolute atomic E-state index is 0.0282. The number of halogens is 2. The van der Waals surface area contributed by atoms with E-state index in [0.717, 1.165) is 22.2 Å². The van der Waals surface area contributed by atoms with Gasteiger partial charge in [-0.05, 0) is 36.8 Å². The topological polar surface area (TPSA) is 50.2 Å². The van der Waals surface area contributed by atoms with Crippen LogP contribution in [0.4, 0.5) is 11.5 Å². The summed E-state index contributed by atoms with van der Waals surface area (Å²) in [5, 5.41) is 5.33. The van der Waals surface area contributed by atoms with Gasteiger partial charge in [0.15, 0.2) is 0 Å². The van der Waals surface area contributed by atoms with E-state index in [4.69, 9.17) is 23.2 Å². The van der Waals surface area contributed by atoms with Crippen molar-refractivity contribution in [1.82, 2.24) is 14.5 Å². The summed E-state index contributed by atoms with van der Waals surface area (Å²) in [5.41, 5.74) is 2.62. The van der Waals surface area contributed by atoms with Gasteiger partial charge in [0.1, 0.15) is 12.4 Å². The molecule has 0 aliphatic carbocycles. The van der Waals surface area contributed by atoms with Crippen LogP contribution in [0.3, 0.4) is 0 Å². The number of carbonyl (C=O) groups excluding carboxylic acids is 1. The number of likely N-dealkylation sites (N-methyl/N-ethyl adjacent to an activating group) is 1. The summed E-state index contributed by atoms with van der Waals surface area (Å²) < 4.78 is 1.90. The van der Waals surface area contributed by atoms with Crippen LogP contribution in [0.25, 0.3) is 10.9 Å². The number of amides is 1. The van der Waals surface area contributed by atoms with E-state index in [0.29, 0.717) is 15.9 Å². The van der Waals surface area contributed by atoms with Crippen LogP contribution < -0.4 is 5.32 Å². The van der Waals surface area contributed by atoms with Crippen LogP contribution >= 0.6 is 23.2 Å². The number of benzene rings is 1. The molecule has 0 saturated heterocycles. The maximum Gasteiger partial charge on any atom is 0.241 e. The molecule has 0 unspecified atom stereocenters. The minimum Gasteiger partial charge on any atom is -0.347 e. The van der Waals surface area contributed by atoms with Gasteiger partial charge in [-0.1, -0.05) is 23.2 Å². The van der Waals surface area contributed by atoms with Gasteiger partial charge >= 0.3 is 0 Å². The van der Waals surface area contributed by atoms with Crippen molar-refractivity contribution >= 4 is 51.5 Å². The van der Waals surface area contributed by atoms with Gasteiger partial charge in [-0.3, -0.25) is 4.79 Å². The Kier molecular flexibility index (Phi) is 4.88. The van der Waals surface area contributed by atoms with E-state index in [1.807, 2.05) is 35.9 Å². The standard InChI is InChI=1S/C18H18Cl2N4O/c1-11-8-12(19)9-14(20)17(11)22-18-13-5-7-24(10-16(25)23(2)3)15(13)4-6-21-18/h4-9H,10H2,1-3H3,(H,21,22). The summed E-state index contributed by atoms with van der Waals surface area (Å²) in [4.78, 5) is 18.0. The van der Waals surface area contributed by atoms with Crippen molar-refractivity contribution in [3.05, 3.63) is 52.3 Å². The Morgan fingerprint density at radius 2 is 2.04 bits per heavy atom. The van der Waals surface area contributed by atoms with Crippen molar-refractivity contribution in [3.63, 3.8) is 0 Å². The predicted octanol–water partition coefficient (Wildman–Crippen LogP) is 4.48. The molecule has 0 aliphatic rings. The smallest absolute Gasteiger partial charge is 0.241 e. The summed E-state index contributed by atoms with van der Waals surface area (Å²) in [6, 6.07) is 7.36. The maximum absolute atomic E-state index is 12.0. The average molecular weight is 377 g/mol. The third kappa shape index (κ3) is 3.57. The molecule has 7 heteroatoms. The maximum atomic E-state index is 12.0. The first-order valence-corrected chi connectivity index (χ1v) is 8.49. The molecule has 5 nitrogen and oxygen atoms in total. The number of aryl methyl sites for hydroxylation is 1. The molecule has 0 bridgehead atoms. The molecule has 2 heterocycles. The molecule has 130 valence electrons. The van der Waals surface area contributed by atoms with Crippen LogP contribution in [0.2, 0.25) is 10.0 Å². The van der Waals surface area contributed by atoms with Gasteiger partial charge in [0.05, 0.1) is 16.2 Å². The van der Waals surface area contributed by atoms with Crippen molar-refractivity contribution in [1.29, 1.82) is 0 Å². The number of aromatic nitrogens is 2. The van der Waals surface area contributed by atoms with Crippen LogP contribution in [-0.2, 0) is 11.3 Å². The molecule has 3 rings (SSSR count). The Morgan fingerprint density at radius 1 is 1.28 bits per heavy atom. The van der Waals surface area contributed by atoms with Crippen molar-refractivity contribution < 1.29 is 4.79 Å². The molecule has 0 saturated carbocycles. The summed E-state index contributed by atoms with van der Waals surface area (Å²) in [6.07, 6.45) is 3.59. The number of nitrogens with zero attached hydrogens (tertiary/aromatic N) is 3. The quantitative estimate of drug-likeness (QED) is 0.729. The number of carbonyl (C=O) groups is 1. The zero-order chi connectivity index (χ0) is 18.1. The number of anilines is 2. The Morgan fingerprint density at radius 3 is 2.72 bits per heavy atom. The van der Waals surface area contributed by atoms with Gasteiger partial charge in [-0.25, -0.2) is 4.98 Å². The Balaban J connectivity index is 1.99. The lowest BCUT2D eigenvalue weighted by molar-refractivity contribution is -0.129. The van der Waals surface area contributed by atoms with Gasteiger partial charge in [0.2, 0.25) is 5.91 Å². The summed E-state index contributed by atoms with van der Waals surface area (Å²) in [7, 11) is 3.49. The highest BCUT2D eigenvalue weighted by Crippen LogP contribution is 2.33. The van der Waals surface area contributed by atoms with Gasteiger partial charge in [0, 0.05) is 36.9 Å². The fourth-order valence-corrected chi connectivity index (χ4v) is 3.27. The SMILES string of the molecule is Cc1cc(Cl)cc(Cl)c1Nc1nccc2c1ccn2CC(=O)N(C)C. The van der Waals surface area contributed by atoms with E-state index in [1.54, 1.807) is 31.3 Å². The van der Waals surface area contributed by atoms with Crippen LogP contribution in [0, 0.1) is 6.92 Å². The molecule has 0 fully saturated rings. The van der Waals surface area contributed by atoms with Crippen LogP contribution in [0.5, 0.6) is 0 Å². The lowest BCUT2D eigenvalue weighted by Crippen LogP contribution is -2.25. The Labute approximate surface area is 156 Å². The molecular weight excluding hydrogens is 359 g/mol. The van der Waals surface area contributed by atoms with Crippen LogP contribution in [0.1, 0.15) is 5.56 Å². The first kappa shape index (κ1) is 17.6. The van der Waals surface area contributed by atoms with Crippen LogP contribution in [-0.4, -0.2) is 34.5 Å². The molecule has 0 radical (unpaired) electrons. The molecule has 1 N–H and O–H groups in total. The predicted molar refractivity (Wildman–Crippen MR) is 103 cm³/mol. The fourth-order valence-electron chi connectivity index (χ4n) is 2.63. The molecule has 0 aliphatic heterocycles. The summed E-state index contributed by atoms with van der Waals surface area (Å²) in [6.45, 7) is 2.21. The van der Waals surface area contributed by atoms with Gasteiger partial charge in [-0.2, -0.15) is 0 Å². The first-order valence-electron chi connectivity index (χ1n) is 7.73. The van der Waals surface area contributed by atoms with Crippen molar-refractivity contribution in [2.75, 3.05) is 19.4 Å². The first-order chi connectivity index (χ1) is 11.9. The number of hydrogen-bond donors (Lipinski definition) is 1. The third-order valence-corrected chi connectivity index (χ3v) is 4.51. The zero-order valence-electron chi connectivity index (χ0n) is 14.2. The fraction of sp³-hybridized carbons (Fsp3) is 0.222. The van der Waals surface area contributed by atoms with Crippen molar-refractivity contribution in [3.8, 4) is 0 Å². The van der Waals surface area contributed by atoms with Crippen LogP contribution in [0.15, 0.2) is 36.7 Å². The number of fused-ring (bicyclic) bond motifs is 1. The molecule has 25 heavy (non-hydrogen) atoms. The highest BCUT2D eigenvalue weighted by Gasteiger charge is 2.13. The largest absolute Gasteiger partial charge is 0.347 e. The van der Waals surface area contributed by atoms with E-state index in [2.05, 4.69) is 10.3 Å². The van der Waals surface area contributed by atoms with Gasteiger partial charge in [0.25, 0.3) is 0 Å². The van der Waals surface area contributed by atoms with Crippen molar-refractivity contribution in [2.45, 2.75) is 13.5 Å². The monoisotopic (exact) mass is 376 g/mol. The Hall–Kier alpha value is -2.24. The molecular formula is C18H18Cl2N4O. The Bertz CT molecular complexity index is 926. The minimum atomic E-state index is 0.0282. The number of nitrogens with one attached hydrogen (secondary N) is 1. The van der Waals surface area contributed by atoms with Gasteiger partial charge in [-0.15, -0.1) is 0 Å².